The molecule has 0 aliphatic rings. The largest absolute Gasteiger partial charge is 0.489 e. The number of para-hydroxylation sites is 1. The lowest BCUT2D eigenvalue weighted by atomic mass is 9.91. The molecule has 0 amide bonds. The number of pyridine rings is 1. The Morgan fingerprint density at radius 3 is 2.22 bits per heavy atom. The lowest BCUT2D eigenvalue weighted by Gasteiger charge is -2.16. The Morgan fingerprint density at radius 1 is 0.806 bits per heavy atom. The summed E-state index contributed by atoms with van der Waals surface area (Å²) in [6.45, 7) is 0.329. The number of aromatic nitrogens is 1. The highest BCUT2D eigenvalue weighted by molar-refractivity contribution is 6.16. The van der Waals surface area contributed by atoms with Crippen molar-refractivity contribution < 1.29 is 22.7 Å². The summed E-state index contributed by atoms with van der Waals surface area (Å²) < 4.78 is 47.3. The van der Waals surface area contributed by atoms with Gasteiger partial charge in [0.1, 0.15) is 12.4 Å². The van der Waals surface area contributed by atoms with Crippen molar-refractivity contribution in [1.29, 1.82) is 0 Å². The van der Waals surface area contributed by atoms with Crippen LogP contribution in [0, 0.1) is 0 Å². The monoisotopic (exact) mass is 483 g/mol. The molecule has 0 N–H and O–H groups in total. The van der Waals surface area contributed by atoms with Gasteiger partial charge < -0.3 is 4.74 Å². The molecule has 1 aromatic heterocycles. The number of fused-ring (bicyclic) bond motifs is 1. The van der Waals surface area contributed by atoms with Gasteiger partial charge in [0, 0.05) is 28.3 Å². The molecule has 0 fully saturated rings. The first-order valence-corrected chi connectivity index (χ1v) is 11.3. The Balaban J connectivity index is 1.67. The van der Waals surface area contributed by atoms with Crippen LogP contribution in [0.5, 0.6) is 5.75 Å². The molecule has 4 aromatic carbocycles. The smallest absolute Gasteiger partial charge is 0.418 e. The molecule has 0 unspecified atom stereocenters. The molecule has 36 heavy (non-hydrogen) atoms. The number of hydrogen-bond acceptors (Lipinski definition) is 3. The quantitative estimate of drug-likeness (QED) is 0.232. The molecule has 6 heteroatoms. The Labute approximate surface area is 205 Å². The van der Waals surface area contributed by atoms with Crippen molar-refractivity contribution in [2.45, 2.75) is 12.8 Å². The second-order valence-electron chi connectivity index (χ2n) is 8.24. The zero-order valence-corrected chi connectivity index (χ0v) is 19.0. The van der Waals surface area contributed by atoms with Gasteiger partial charge in [-0.05, 0) is 29.3 Å². The van der Waals surface area contributed by atoms with Crippen molar-refractivity contribution in [3.05, 3.63) is 132 Å². The highest BCUT2D eigenvalue weighted by Crippen LogP contribution is 2.39. The molecule has 0 radical (unpaired) electrons. The highest BCUT2D eigenvalue weighted by Gasteiger charge is 2.34. The normalized spacial score (nSPS) is 11.4. The molecule has 3 nitrogen and oxygen atoms in total. The Morgan fingerprint density at radius 2 is 1.50 bits per heavy atom. The summed E-state index contributed by atoms with van der Waals surface area (Å²) >= 11 is 0. The van der Waals surface area contributed by atoms with Gasteiger partial charge in [0.05, 0.1) is 11.1 Å². The lowest BCUT2D eigenvalue weighted by Crippen LogP contribution is -2.09. The van der Waals surface area contributed by atoms with Crippen molar-refractivity contribution in [1.82, 2.24) is 4.98 Å². The average Bonchev–Trinajstić information content (AvgIpc) is 2.91. The van der Waals surface area contributed by atoms with Gasteiger partial charge in [0.25, 0.3) is 0 Å². The van der Waals surface area contributed by atoms with Crippen LogP contribution in [0.1, 0.15) is 27.0 Å². The number of ether oxygens (including phenoxy) is 1. The number of alkyl halides is 3. The second kappa shape index (κ2) is 9.66. The predicted molar refractivity (Wildman–Crippen MR) is 133 cm³/mol. The van der Waals surface area contributed by atoms with Crippen molar-refractivity contribution >= 4 is 16.7 Å². The zero-order chi connectivity index (χ0) is 25.1. The fourth-order valence-corrected chi connectivity index (χ4v) is 4.16. The molecule has 0 saturated heterocycles. The third-order valence-electron chi connectivity index (χ3n) is 5.85. The number of carbonyl (C=O) groups is 1. The van der Waals surface area contributed by atoms with Crippen molar-refractivity contribution in [3.8, 4) is 16.9 Å². The molecular weight excluding hydrogens is 463 g/mol. The topological polar surface area (TPSA) is 39.2 Å². The maximum absolute atomic E-state index is 13.8. The molecular formula is C30H20F3NO2. The van der Waals surface area contributed by atoms with Gasteiger partial charge in [-0.3, -0.25) is 9.78 Å². The molecule has 0 aliphatic heterocycles. The van der Waals surface area contributed by atoms with E-state index in [1.165, 1.54) is 12.3 Å². The number of benzene rings is 4. The minimum Gasteiger partial charge on any atom is -0.489 e. The van der Waals surface area contributed by atoms with Crippen LogP contribution in [0.2, 0.25) is 0 Å². The number of nitrogens with zero attached hydrogens (tertiary/aromatic N) is 1. The van der Waals surface area contributed by atoms with Gasteiger partial charge in [-0.15, -0.1) is 0 Å². The van der Waals surface area contributed by atoms with Crippen LogP contribution in [0.3, 0.4) is 0 Å². The number of carbonyl (C=O) groups excluding carboxylic acids is 1. The Kier molecular flexibility index (Phi) is 6.25. The van der Waals surface area contributed by atoms with E-state index in [0.29, 0.717) is 29.0 Å². The molecule has 0 spiro atoms. The van der Waals surface area contributed by atoms with Crippen LogP contribution in [-0.2, 0) is 12.8 Å². The van der Waals surface area contributed by atoms with Crippen LogP contribution >= 0.6 is 0 Å². The summed E-state index contributed by atoms with van der Waals surface area (Å²) in [7, 11) is 0. The summed E-state index contributed by atoms with van der Waals surface area (Å²) in [5.41, 5.74) is 1.50. The first-order chi connectivity index (χ1) is 17.4. The second-order valence-corrected chi connectivity index (χ2v) is 8.24. The minimum absolute atomic E-state index is 0.208. The van der Waals surface area contributed by atoms with E-state index in [4.69, 9.17) is 4.74 Å². The third-order valence-corrected chi connectivity index (χ3v) is 5.85. The number of ketones is 1. The number of hydrogen-bond donors (Lipinski definition) is 0. The van der Waals surface area contributed by atoms with E-state index in [9.17, 15) is 18.0 Å². The van der Waals surface area contributed by atoms with Gasteiger partial charge >= 0.3 is 6.18 Å². The maximum Gasteiger partial charge on any atom is 0.418 e. The van der Waals surface area contributed by atoms with Crippen molar-refractivity contribution in [2.75, 3.05) is 0 Å². The van der Waals surface area contributed by atoms with Crippen LogP contribution in [-0.4, -0.2) is 10.8 Å². The first-order valence-electron chi connectivity index (χ1n) is 11.3. The third kappa shape index (κ3) is 4.70. The summed E-state index contributed by atoms with van der Waals surface area (Å²) in [5.74, 6) is 0.208. The molecule has 0 atom stereocenters. The minimum atomic E-state index is -4.59. The predicted octanol–water partition coefficient (Wildman–Crippen LogP) is 7.73. The lowest BCUT2D eigenvalue weighted by molar-refractivity contribution is -0.136. The van der Waals surface area contributed by atoms with Crippen molar-refractivity contribution in [3.63, 3.8) is 0 Å². The summed E-state index contributed by atoms with van der Waals surface area (Å²) in [5, 5.41) is 0.242. The van der Waals surface area contributed by atoms with E-state index in [1.807, 2.05) is 30.3 Å². The molecule has 0 aliphatic carbocycles. The van der Waals surface area contributed by atoms with Gasteiger partial charge in [-0.25, -0.2) is 0 Å². The van der Waals surface area contributed by atoms with Crippen LogP contribution < -0.4 is 4.74 Å². The summed E-state index contributed by atoms with van der Waals surface area (Å²) in [6, 6.07) is 29.1. The first kappa shape index (κ1) is 23.3. The van der Waals surface area contributed by atoms with Gasteiger partial charge in [-0.1, -0.05) is 84.9 Å². The van der Waals surface area contributed by atoms with Crippen LogP contribution in [0.4, 0.5) is 13.2 Å². The highest BCUT2D eigenvalue weighted by atomic mass is 19.4. The zero-order valence-electron chi connectivity index (χ0n) is 19.0. The van der Waals surface area contributed by atoms with E-state index < -0.39 is 11.7 Å². The van der Waals surface area contributed by atoms with Crippen LogP contribution in [0.25, 0.3) is 22.0 Å². The summed E-state index contributed by atoms with van der Waals surface area (Å²) in [4.78, 5) is 17.6. The fourth-order valence-electron chi connectivity index (χ4n) is 4.16. The van der Waals surface area contributed by atoms with E-state index in [1.54, 1.807) is 60.7 Å². The fraction of sp³-hybridized carbons (Fsp3) is 0.0667. The Hall–Kier alpha value is -4.45. The SMILES string of the molecule is O=C(c1ccccc1)c1cnc2c(C(F)(F)F)cccc2c1-c1cccc(OCc2ccccc2)c1. The van der Waals surface area contributed by atoms with E-state index in [-0.39, 0.29) is 22.2 Å². The van der Waals surface area contributed by atoms with Gasteiger partial charge in [0.2, 0.25) is 0 Å². The molecule has 5 rings (SSSR count). The standard InChI is InChI=1S/C30H20F3NO2/c31-30(32,33)26-16-8-15-24-27(25(18-34-28(24)26)29(35)21-11-5-2-6-12-21)22-13-7-14-23(17-22)36-19-20-9-3-1-4-10-20/h1-18H,19H2. The van der Waals surface area contributed by atoms with Gasteiger partial charge in [-0.2, -0.15) is 13.2 Å². The van der Waals surface area contributed by atoms with Gasteiger partial charge in [0.15, 0.2) is 5.78 Å². The summed E-state index contributed by atoms with van der Waals surface area (Å²) in [6.07, 6.45) is -3.35. The molecule has 0 bridgehead atoms. The number of rotatable bonds is 6. The maximum atomic E-state index is 13.8. The van der Waals surface area contributed by atoms with E-state index >= 15 is 0 Å². The number of halogens is 3. The van der Waals surface area contributed by atoms with E-state index in [0.717, 1.165) is 11.6 Å². The average molecular weight is 483 g/mol. The van der Waals surface area contributed by atoms with Crippen molar-refractivity contribution in [2.24, 2.45) is 0 Å². The molecule has 178 valence electrons. The van der Waals surface area contributed by atoms with Crippen LogP contribution in [0.15, 0.2) is 109 Å². The molecule has 0 saturated carbocycles. The molecule has 1 heterocycles. The Bertz CT molecular complexity index is 1530. The van der Waals surface area contributed by atoms with E-state index in [2.05, 4.69) is 4.98 Å². The molecule has 5 aromatic rings.